The highest BCUT2D eigenvalue weighted by Crippen LogP contribution is 2.00. The second-order valence-electron chi connectivity index (χ2n) is 2.53. The van der Waals surface area contributed by atoms with E-state index in [1.165, 1.54) is 0 Å². The van der Waals surface area contributed by atoms with Gasteiger partial charge in [0.1, 0.15) is 0 Å². The maximum Gasteiger partial charge on any atom is 0.0901 e. The van der Waals surface area contributed by atoms with Crippen LogP contribution in [-0.4, -0.2) is 41.2 Å². The molecule has 4 heteroatoms. The molecule has 0 saturated carbocycles. The van der Waals surface area contributed by atoms with E-state index in [1.54, 1.807) is 0 Å². The van der Waals surface area contributed by atoms with Crippen molar-refractivity contribution in [1.82, 2.24) is 4.90 Å². The predicted octanol–water partition coefficient (Wildman–Crippen LogP) is -0.0248. The van der Waals surface area contributed by atoms with Gasteiger partial charge in [-0.25, -0.2) is 0 Å². The summed E-state index contributed by atoms with van der Waals surface area (Å²) in [6.07, 6.45) is 0.895. The summed E-state index contributed by atoms with van der Waals surface area (Å²) >= 11 is 4.86. The van der Waals surface area contributed by atoms with Gasteiger partial charge in [-0.1, -0.05) is 19.1 Å². The lowest BCUT2D eigenvalue weighted by Crippen LogP contribution is -2.42. The normalized spacial score (nSPS) is 13.5. The summed E-state index contributed by atoms with van der Waals surface area (Å²) in [5.41, 5.74) is 5.49. The Morgan fingerprint density at radius 2 is 2.27 bits per heavy atom. The molecule has 1 unspecified atom stereocenters. The van der Waals surface area contributed by atoms with E-state index in [9.17, 15) is 0 Å². The second kappa shape index (κ2) is 5.46. The van der Waals surface area contributed by atoms with Crippen LogP contribution in [0.3, 0.4) is 0 Å². The van der Waals surface area contributed by atoms with Crippen molar-refractivity contribution >= 4 is 17.2 Å². The average molecular weight is 176 g/mol. The molecule has 0 aliphatic carbocycles. The Bertz CT molecular complexity index is 130. The van der Waals surface area contributed by atoms with Crippen LogP contribution >= 0.6 is 12.2 Å². The Hall–Kier alpha value is -0.190. The van der Waals surface area contributed by atoms with Crippen molar-refractivity contribution in [1.29, 1.82) is 0 Å². The molecule has 0 fully saturated rings. The zero-order chi connectivity index (χ0) is 8.85. The van der Waals surface area contributed by atoms with Crippen LogP contribution in [0.15, 0.2) is 0 Å². The van der Waals surface area contributed by atoms with E-state index in [2.05, 4.69) is 0 Å². The molecule has 0 rings (SSSR count). The Kier molecular flexibility index (Phi) is 5.36. The van der Waals surface area contributed by atoms with Gasteiger partial charge >= 0.3 is 0 Å². The van der Waals surface area contributed by atoms with Gasteiger partial charge in [0.2, 0.25) is 0 Å². The maximum absolute atomic E-state index is 8.64. The number of aliphatic hydroxyl groups excluding tert-OH is 1. The lowest BCUT2D eigenvalue weighted by Gasteiger charge is -2.24. The monoisotopic (exact) mass is 176 g/mol. The third-order valence-electron chi connectivity index (χ3n) is 1.70. The van der Waals surface area contributed by atoms with Crippen LogP contribution in [0.2, 0.25) is 0 Å². The Morgan fingerprint density at radius 1 is 1.73 bits per heavy atom. The minimum absolute atomic E-state index is 0.122. The molecule has 0 saturated heterocycles. The summed E-state index contributed by atoms with van der Waals surface area (Å²) in [4.78, 5) is 2.46. The second-order valence-corrected chi connectivity index (χ2v) is 3.00. The van der Waals surface area contributed by atoms with E-state index in [-0.39, 0.29) is 12.6 Å². The van der Waals surface area contributed by atoms with E-state index in [1.807, 2.05) is 18.9 Å². The lowest BCUT2D eigenvalue weighted by atomic mass is 10.2. The SMILES string of the molecule is CCC(C(N)=S)N(C)CCO. The molecule has 0 spiro atoms. The number of aliphatic hydroxyl groups is 1. The number of hydrogen-bond acceptors (Lipinski definition) is 3. The van der Waals surface area contributed by atoms with Crippen LogP contribution < -0.4 is 5.73 Å². The first kappa shape index (κ1) is 10.8. The zero-order valence-corrected chi connectivity index (χ0v) is 7.90. The summed E-state index contributed by atoms with van der Waals surface area (Å²) < 4.78 is 0. The topological polar surface area (TPSA) is 49.5 Å². The highest BCUT2D eigenvalue weighted by Gasteiger charge is 2.13. The van der Waals surface area contributed by atoms with Crippen molar-refractivity contribution < 1.29 is 5.11 Å². The number of thiocarbonyl (C=S) groups is 1. The molecule has 3 nitrogen and oxygen atoms in total. The summed E-state index contributed by atoms with van der Waals surface area (Å²) in [7, 11) is 1.91. The summed E-state index contributed by atoms with van der Waals surface area (Å²) in [5, 5.41) is 8.64. The van der Waals surface area contributed by atoms with Gasteiger partial charge in [-0.2, -0.15) is 0 Å². The highest BCUT2D eigenvalue weighted by atomic mass is 32.1. The fraction of sp³-hybridized carbons (Fsp3) is 0.857. The largest absolute Gasteiger partial charge is 0.395 e. The van der Waals surface area contributed by atoms with Gasteiger partial charge in [0.05, 0.1) is 17.6 Å². The van der Waals surface area contributed by atoms with Crippen molar-refractivity contribution in [2.45, 2.75) is 19.4 Å². The smallest absolute Gasteiger partial charge is 0.0901 e. The molecule has 11 heavy (non-hydrogen) atoms. The molecular formula is C7H16N2OS. The molecule has 0 heterocycles. The summed E-state index contributed by atoms with van der Waals surface area (Å²) in [6.45, 7) is 2.79. The molecule has 0 aromatic heterocycles. The molecule has 0 radical (unpaired) electrons. The number of rotatable bonds is 5. The lowest BCUT2D eigenvalue weighted by molar-refractivity contribution is 0.204. The molecule has 3 N–H and O–H groups in total. The van der Waals surface area contributed by atoms with E-state index in [4.69, 9.17) is 23.1 Å². The number of nitrogens with two attached hydrogens (primary N) is 1. The van der Waals surface area contributed by atoms with Crippen LogP contribution in [0.25, 0.3) is 0 Å². The highest BCUT2D eigenvalue weighted by molar-refractivity contribution is 7.80. The van der Waals surface area contributed by atoms with Crippen LogP contribution in [0.5, 0.6) is 0 Å². The van der Waals surface area contributed by atoms with Gasteiger partial charge in [-0.05, 0) is 13.5 Å². The quantitative estimate of drug-likeness (QED) is 0.578. The van der Waals surface area contributed by atoms with E-state index >= 15 is 0 Å². The Labute approximate surface area is 73.2 Å². The van der Waals surface area contributed by atoms with Crippen molar-refractivity contribution in [2.75, 3.05) is 20.2 Å². The third kappa shape index (κ3) is 3.65. The van der Waals surface area contributed by atoms with Crippen LogP contribution in [0, 0.1) is 0 Å². The number of nitrogens with zero attached hydrogens (tertiary/aromatic N) is 1. The Balaban J connectivity index is 3.91. The van der Waals surface area contributed by atoms with Gasteiger partial charge in [-0.3, -0.25) is 4.90 Å². The van der Waals surface area contributed by atoms with Crippen LogP contribution in [0.4, 0.5) is 0 Å². The van der Waals surface area contributed by atoms with Crippen molar-refractivity contribution in [2.24, 2.45) is 5.73 Å². The molecule has 0 aliphatic heterocycles. The number of likely N-dealkylation sites (N-methyl/N-ethyl adjacent to an activating group) is 1. The minimum atomic E-state index is 0.122. The summed E-state index contributed by atoms with van der Waals surface area (Å²) in [6, 6.07) is 0.122. The number of hydrogen-bond donors (Lipinski definition) is 2. The molecule has 0 aromatic carbocycles. The summed E-state index contributed by atoms with van der Waals surface area (Å²) in [5.74, 6) is 0. The molecule has 0 amide bonds. The fourth-order valence-electron chi connectivity index (χ4n) is 1.04. The fourth-order valence-corrected chi connectivity index (χ4v) is 1.39. The van der Waals surface area contributed by atoms with Crippen molar-refractivity contribution in [3.63, 3.8) is 0 Å². The first-order valence-electron chi connectivity index (χ1n) is 3.73. The van der Waals surface area contributed by atoms with Gasteiger partial charge in [0, 0.05) is 6.54 Å². The zero-order valence-electron chi connectivity index (χ0n) is 7.08. The molecule has 0 aliphatic rings. The van der Waals surface area contributed by atoms with Crippen LogP contribution in [-0.2, 0) is 0 Å². The van der Waals surface area contributed by atoms with E-state index < -0.39 is 0 Å². The Morgan fingerprint density at radius 3 is 2.55 bits per heavy atom. The van der Waals surface area contributed by atoms with Gasteiger partial charge < -0.3 is 10.8 Å². The molecule has 0 bridgehead atoms. The first-order valence-corrected chi connectivity index (χ1v) is 4.14. The van der Waals surface area contributed by atoms with E-state index in [0.29, 0.717) is 11.5 Å². The third-order valence-corrected chi connectivity index (χ3v) is 1.97. The van der Waals surface area contributed by atoms with E-state index in [0.717, 1.165) is 6.42 Å². The van der Waals surface area contributed by atoms with Gasteiger partial charge in [0.15, 0.2) is 0 Å². The van der Waals surface area contributed by atoms with Crippen molar-refractivity contribution in [3.05, 3.63) is 0 Å². The predicted molar refractivity (Wildman–Crippen MR) is 50.6 cm³/mol. The average Bonchev–Trinajstić information content (AvgIpc) is 1.88. The maximum atomic E-state index is 8.64. The molecule has 66 valence electrons. The molecule has 0 aromatic rings. The minimum Gasteiger partial charge on any atom is -0.395 e. The first-order chi connectivity index (χ1) is 5.13. The molecular weight excluding hydrogens is 160 g/mol. The molecule has 1 atom stereocenters. The van der Waals surface area contributed by atoms with Crippen LogP contribution in [0.1, 0.15) is 13.3 Å². The van der Waals surface area contributed by atoms with Crippen molar-refractivity contribution in [3.8, 4) is 0 Å². The van der Waals surface area contributed by atoms with Gasteiger partial charge in [-0.15, -0.1) is 0 Å². The van der Waals surface area contributed by atoms with Gasteiger partial charge in [0.25, 0.3) is 0 Å². The standard InChI is InChI=1S/C7H16N2OS/c1-3-6(7(8)11)9(2)4-5-10/h6,10H,3-5H2,1-2H3,(H2,8,11).